The molecule has 7 heteroatoms. The van der Waals surface area contributed by atoms with E-state index in [9.17, 15) is 13.8 Å². The summed E-state index contributed by atoms with van der Waals surface area (Å²) in [5, 5.41) is 11.2. The van der Waals surface area contributed by atoms with Crippen LogP contribution in [0.15, 0.2) is 33.6 Å². The molecule has 1 amide bonds. The van der Waals surface area contributed by atoms with E-state index in [1.807, 2.05) is 0 Å². The molecule has 0 saturated heterocycles. The first-order valence-corrected chi connectivity index (χ1v) is 7.16. The Hall–Kier alpha value is -1.21. The molecule has 2 atom stereocenters. The van der Waals surface area contributed by atoms with Gasteiger partial charge in [-0.15, -0.1) is 0 Å². The van der Waals surface area contributed by atoms with Crippen molar-refractivity contribution in [1.29, 1.82) is 0 Å². The summed E-state index contributed by atoms with van der Waals surface area (Å²) in [6.07, 6.45) is 0. The van der Waals surface area contributed by atoms with Crippen LogP contribution in [0.5, 0.6) is 0 Å². The minimum Gasteiger partial charge on any atom is -0.480 e. The lowest BCUT2D eigenvalue weighted by atomic mass is 10.3. The summed E-state index contributed by atoms with van der Waals surface area (Å²) < 4.78 is 12.7. The predicted molar refractivity (Wildman–Crippen MR) is 70.7 cm³/mol. The van der Waals surface area contributed by atoms with Gasteiger partial charge in [0.25, 0.3) is 0 Å². The first-order valence-electron chi connectivity index (χ1n) is 5.04. The number of carboxylic acid groups (broad SMARTS) is 1. The SMILES string of the molecule is CC(=O)NC(CS(=O)c1ccccc1Br)C(=O)O. The van der Waals surface area contributed by atoms with Crippen LogP contribution in [0.1, 0.15) is 6.92 Å². The average Bonchev–Trinajstić information content (AvgIpc) is 2.27. The van der Waals surface area contributed by atoms with Gasteiger partial charge in [0.15, 0.2) is 0 Å². The van der Waals surface area contributed by atoms with E-state index in [1.165, 1.54) is 6.92 Å². The van der Waals surface area contributed by atoms with E-state index in [0.717, 1.165) is 0 Å². The molecule has 2 unspecified atom stereocenters. The summed E-state index contributed by atoms with van der Waals surface area (Å²) in [5.41, 5.74) is 0. The second-order valence-corrected chi connectivity index (χ2v) is 5.85. The zero-order valence-corrected chi connectivity index (χ0v) is 12.0. The Morgan fingerprint density at radius 1 is 1.44 bits per heavy atom. The van der Waals surface area contributed by atoms with Crippen molar-refractivity contribution in [2.75, 3.05) is 5.75 Å². The van der Waals surface area contributed by atoms with Gasteiger partial charge < -0.3 is 10.4 Å². The number of carbonyl (C=O) groups excluding carboxylic acids is 1. The monoisotopic (exact) mass is 333 g/mol. The van der Waals surface area contributed by atoms with Gasteiger partial charge in [-0.05, 0) is 28.1 Å². The van der Waals surface area contributed by atoms with Crippen molar-refractivity contribution in [2.24, 2.45) is 0 Å². The number of benzene rings is 1. The Bertz CT molecular complexity index is 492. The molecule has 0 aliphatic carbocycles. The number of carboxylic acids is 1. The molecule has 1 rings (SSSR count). The number of aliphatic carboxylic acids is 1. The maximum atomic E-state index is 12.0. The summed E-state index contributed by atoms with van der Waals surface area (Å²) >= 11 is 3.25. The van der Waals surface area contributed by atoms with Crippen molar-refractivity contribution >= 4 is 38.6 Å². The van der Waals surface area contributed by atoms with E-state index in [-0.39, 0.29) is 5.75 Å². The van der Waals surface area contributed by atoms with Gasteiger partial charge in [-0.1, -0.05) is 12.1 Å². The van der Waals surface area contributed by atoms with Crippen molar-refractivity contribution < 1.29 is 18.9 Å². The third kappa shape index (κ3) is 4.23. The van der Waals surface area contributed by atoms with E-state index in [4.69, 9.17) is 5.11 Å². The van der Waals surface area contributed by atoms with Crippen molar-refractivity contribution in [3.05, 3.63) is 28.7 Å². The molecular weight excluding hydrogens is 322 g/mol. The van der Waals surface area contributed by atoms with E-state index in [0.29, 0.717) is 9.37 Å². The van der Waals surface area contributed by atoms with Gasteiger partial charge in [-0.25, -0.2) is 4.79 Å². The molecule has 18 heavy (non-hydrogen) atoms. The molecule has 5 nitrogen and oxygen atoms in total. The first-order chi connectivity index (χ1) is 8.41. The van der Waals surface area contributed by atoms with E-state index in [1.54, 1.807) is 24.3 Å². The largest absolute Gasteiger partial charge is 0.480 e. The summed E-state index contributed by atoms with van der Waals surface area (Å²) in [7, 11) is -1.50. The fourth-order valence-electron chi connectivity index (χ4n) is 1.29. The molecule has 0 radical (unpaired) electrons. The minimum absolute atomic E-state index is 0.169. The molecule has 2 N–H and O–H groups in total. The number of hydrogen-bond donors (Lipinski definition) is 2. The Kier molecular flexibility index (Phi) is 5.49. The third-order valence-corrected chi connectivity index (χ3v) is 4.51. The lowest BCUT2D eigenvalue weighted by Gasteiger charge is -2.13. The van der Waals surface area contributed by atoms with Crippen LogP contribution >= 0.6 is 15.9 Å². The highest BCUT2D eigenvalue weighted by atomic mass is 79.9. The van der Waals surface area contributed by atoms with Crippen LogP contribution < -0.4 is 5.32 Å². The van der Waals surface area contributed by atoms with Crippen molar-refractivity contribution in [2.45, 2.75) is 17.9 Å². The van der Waals surface area contributed by atoms with Crippen LogP contribution in [-0.2, 0) is 20.4 Å². The van der Waals surface area contributed by atoms with Crippen LogP contribution in [0.4, 0.5) is 0 Å². The third-order valence-electron chi connectivity index (χ3n) is 2.08. The second-order valence-electron chi connectivity index (χ2n) is 3.53. The molecule has 0 spiro atoms. The van der Waals surface area contributed by atoms with Gasteiger partial charge in [0.1, 0.15) is 6.04 Å². The van der Waals surface area contributed by atoms with Gasteiger partial charge in [0.05, 0.1) is 21.4 Å². The maximum absolute atomic E-state index is 12.0. The van der Waals surface area contributed by atoms with Crippen molar-refractivity contribution in [1.82, 2.24) is 5.32 Å². The van der Waals surface area contributed by atoms with Gasteiger partial charge >= 0.3 is 5.97 Å². The molecule has 1 aromatic rings. The molecule has 0 fully saturated rings. The van der Waals surface area contributed by atoms with Crippen LogP contribution in [0.3, 0.4) is 0 Å². The number of nitrogens with one attached hydrogen (secondary N) is 1. The van der Waals surface area contributed by atoms with Gasteiger partial charge in [-0.3, -0.25) is 9.00 Å². The zero-order chi connectivity index (χ0) is 13.7. The fourth-order valence-corrected chi connectivity index (χ4v) is 3.34. The van der Waals surface area contributed by atoms with Gasteiger partial charge in [0.2, 0.25) is 5.91 Å². The first kappa shape index (κ1) is 14.8. The topological polar surface area (TPSA) is 83.5 Å². The summed E-state index contributed by atoms with van der Waals surface area (Å²) in [4.78, 5) is 22.3. The molecule has 0 saturated carbocycles. The Morgan fingerprint density at radius 3 is 2.56 bits per heavy atom. The summed E-state index contributed by atoms with van der Waals surface area (Å²) in [6, 6.07) is 5.70. The average molecular weight is 334 g/mol. The van der Waals surface area contributed by atoms with Crippen LogP contribution in [-0.4, -0.2) is 33.0 Å². The maximum Gasteiger partial charge on any atom is 0.327 e. The molecule has 0 aliphatic rings. The molecule has 0 bridgehead atoms. The number of rotatable bonds is 5. The fraction of sp³-hybridized carbons (Fsp3) is 0.273. The number of hydrogen-bond acceptors (Lipinski definition) is 3. The summed E-state index contributed by atoms with van der Waals surface area (Å²) in [5.74, 6) is -1.84. The second kappa shape index (κ2) is 6.65. The van der Waals surface area contributed by atoms with Gasteiger partial charge in [-0.2, -0.15) is 0 Å². The molecular formula is C11H12BrNO4S. The van der Waals surface area contributed by atoms with E-state index >= 15 is 0 Å². The quantitative estimate of drug-likeness (QED) is 0.846. The molecule has 0 aromatic heterocycles. The van der Waals surface area contributed by atoms with E-state index in [2.05, 4.69) is 21.2 Å². The number of halogens is 1. The molecule has 0 heterocycles. The number of amides is 1. The lowest BCUT2D eigenvalue weighted by molar-refractivity contribution is -0.140. The van der Waals surface area contributed by atoms with Crippen LogP contribution in [0.2, 0.25) is 0 Å². The summed E-state index contributed by atoms with van der Waals surface area (Å²) in [6.45, 7) is 1.22. The molecule has 0 aliphatic heterocycles. The smallest absolute Gasteiger partial charge is 0.327 e. The molecule has 98 valence electrons. The standard InChI is InChI=1S/C11H12BrNO4S/c1-7(14)13-9(11(15)16)6-18(17)10-5-3-2-4-8(10)12/h2-5,9H,6H2,1H3,(H,13,14)(H,15,16). The minimum atomic E-state index is -1.50. The highest BCUT2D eigenvalue weighted by Gasteiger charge is 2.22. The highest BCUT2D eigenvalue weighted by molar-refractivity contribution is 9.10. The highest BCUT2D eigenvalue weighted by Crippen LogP contribution is 2.20. The number of carbonyl (C=O) groups is 2. The van der Waals surface area contributed by atoms with Crippen LogP contribution in [0, 0.1) is 0 Å². The Labute approximate surface area is 115 Å². The predicted octanol–water partition coefficient (Wildman–Crippen LogP) is 1.15. The zero-order valence-electron chi connectivity index (χ0n) is 9.55. The van der Waals surface area contributed by atoms with Crippen molar-refractivity contribution in [3.63, 3.8) is 0 Å². The Morgan fingerprint density at radius 2 is 2.06 bits per heavy atom. The van der Waals surface area contributed by atoms with Crippen molar-refractivity contribution in [3.8, 4) is 0 Å². The van der Waals surface area contributed by atoms with E-state index < -0.39 is 28.7 Å². The molecule has 1 aromatic carbocycles. The normalized spacial score (nSPS) is 13.7. The van der Waals surface area contributed by atoms with Gasteiger partial charge in [0, 0.05) is 11.4 Å². The Balaban J connectivity index is 2.82. The van der Waals surface area contributed by atoms with Crippen LogP contribution in [0.25, 0.3) is 0 Å². The lowest BCUT2D eigenvalue weighted by Crippen LogP contribution is -2.43.